The van der Waals surface area contributed by atoms with Crippen molar-refractivity contribution in [1.29, 1.82) is 0 Å². The molecule has 0 spiro atoms. The number of carbonyl (C=O) groups is 1. The summed E-state index contributed by atoms with van der Waals surface area (Å²) in [4.78, 5) is 11.3. The number of nitrogens with zero attached hydrogens (tertiary/aromatic N) is 2. The monoisotopic (exact) mass is 259 g/mol. The molecule has 0 aliphatic heterocycles. The number of carbonyl (C=O) groups excluding carboxylic acids is 1. The van der Waals surface area contributed by atoms with Gasteiger partial charge in [0.1, 0.15) is 0 Å². The first kappa shape index (κ1) is 11.2. The maximum atomic E-state index is 11.4. The number of halogens is 1. The standard InChI is InChI=1S/C9H14BrN3O/c1-3-8(10)9(14)11-4-7-5-12-13(2)6-7/h5-6,8H,3-4H2,1-2H3,(H,11,14). The van der Waals surface area contributed by atoms with Crippen LogP contribution in [0, 0.1) is 0 Å². The highest BCUT2D eigenvalue weighted by Gasteiger charge is 2.11. The van der Waals surface area contributed by atoms with Crippen LogP contribution in [0.25, 0.3) is 0 Å². The van der Waals surface area contributed by atoms with Crippen LogP contribution in [0.4, 0.5) is 0 Å². The molecular formula is C9H14BrN3O. The van der Waals surface area contributed by atoms with E-state index in [1.807, 2.05) is 20.2 Å². The van der Waals surface area contributed by atoms with Crippen LogP contribution >= 0.6 is 15.9 Å². The van der Waals surface area contributed by atoms with Gasteiger partial charge in [-0.25, -0.2) is 0 Å². The number of rotatable bonds is 4. The quantitative estimate of drug-likeness (QED) is 0.827. The highest BCUT2D eigenvalue weighted by molar-refractivity contribution is 9.10. The molecule has 1 heterocycles. The first-order chi connectivity index (χ1) is 6.63. The number of hydrogen-bond acceptors (Lipinski definition) is 2. The molecule has 1 aromatic rings. The van der Waals surface area contributed by atoms with Crippen LogP contribution in [0.15, 0.2) is 12.4 Å². The Hall–Kier alpha value is -0.840. The van der Waals surface area contributed by atoms with Crippen molar-refractivity contribution in [1.82, 2.24) is 15.1 Å². The molecule has 0 saturated heterocycles. The predicted octanol–water partition coefficient (Wildman–Crippen LogP) is 1.21. The van der Waals surface area contributed by atoms with E-state index in [9.17, 15) is 4.79 Å². The average molecular weight is 260 g/mol. The van der Waals surface area contributed by atoms with E-state index in [2.05, 4.69) is 26.3 Å². The second-order valence-electron chi connectivity index (χ2n) is 3.12. The van der Waals surface area contributed by atoms with Gasteiger partial charge in [-0.05, 0) is 6.42 Å². The van der Waals surface area contributed by atoms with Crippen LogP contribution in [-0.2, 0) is 18.4 Å². The summed E-state index contributed by atoms with van der Waals surface area (Å²) < 4.78 is 1.72. The number of hydrogen-bond donors (Lipinski definition) is 1. The number of aromatic nitrogens is 2. The van der Waals surface area contributed by atoms with Crippen molar-refractivity contribution in [2.75, 3.05) is 0 Å². The van der Waals surface area contributed by atoms with Crippen LogP contribution in [0.2, 0.25) is 0 Å². The van der Waals surface area contributed by atoms with Crippen molar-refractivity contribution in [3.63, 3.8) is 0 Å². The molecule has 0 saturated carbocycles. The largest absolute Gasteiger partial charge is 0.351 e. The van der Waals surface area contributed by atoms with E-state index >= 15 is 0 Å². The zero-order valence-corrected chi connectivity index (χ0v) is 9.91. The van der Waals surface area contributed by atoms with Gasteiger partial charge in [-0.1, -0.05) is 22.9 Å². The highest BCUT2D eigenvalue weighted by Crippen LogP contribution is 2.04. The van der Waals surface area contributed by atoms with Crippen LogP contribution in [-0.4, -0.2) is 20.5 Å². The van der Waals surface area contributed by atoms with E-state index in [1.165, 1.54) is 0 Å². The van der Waals surface area contributed by atoms with E-state index in [4.69, 9.17) is 0 Å². The SMILES string of the molecule is CCC(Br)C(=O)NCc1cnn(C)c1. The van der Waals surface area contributed by atoms with E-state index in [0.717, 1.165) is 12.0 Å². The van der Waals surface area contributed by atoms with Gasteiger partial charge in [-0.3, -0.25) is 9.48 Å². The summed E-state index contributed by atoms with van der Waals surface area (Å²) in [6.45, 7) is 2.50. The van der Waals surface area contributed by atoms with Gasteiger partial charge in [-0.2, -0.15) is 5.10 Å². The molecule has 1 amide bonds. The van der Waals surface area contributed by atoms with Gasteiger partial charge in [-0.15, -0.1) is 0 Å². The molecule has 14 heavy (non-hydrogen) atoms. The van der Waals surface area contributed by atoms with E-state index in [0.29, 0.717) is 6.54 Å². The first-order valence-electron chi connectivity index (χ1n) is 4.52. The summed E-state index contributed by atoms with van der Waals surface area (Å²) in [6.07, 6.45) is 4.42. The van der Waals surface area contributed by atoms with Crippen LogP contribution in [0.5, 0.6) is 0 Å². The molecule has 1 unspecified atom stereocenters. The lowest BCUT2D eigenvalue weighted by molar-refractivity contribution is -0.120. The van der Waals surface area contributed by atoms with Gasteiger partial charge in [0.15, 0.2) is 0 Å². The molecule has 1 rings (SSSR count). The van der Waals surface area contributed by atoms with E-state index < -0.39 is 0 Å². The smallest absolute Gasteiger partial charge is 0.234 e. The maximum Gasteiger partial charge on any atom is 0.234 e. The first-order valence-corrected chi connectivity index (χ1v) is 5.44. The van der Waals surface area contributed by atoms with Crippen LogP contribution < -0.4 is 5.32 Å². The second-order valence-corrected chi connectivity index (χ2v) is 4.22. The molecule has 0 aromatic carbocycles. The molecule has 78 valence electrons. The highest BCUT2D eigenvalue weighted by atomic mass is 79.9. The van der Waals surface area contributed by atoms with Crippen LogP contribution in [0.3, 0.4) is 0 Å². The lowest BCUT2D eigenvalue weighted by Crippen LogP contribution is -2.29. The lowest BCUT2D eigenvalue weighted by atomic mass is 10.3. The summed E-state index contributed by atoms with van der Waals surface area (Å²) in [6, 6.07) is 0. The minimum Gasteiger partial charge on any atom is -0.351 e. The van der Waals surface area contributed by atoms with Crippen molar-refractivity contribution in [3.05, 3.63) is 18.0 Å². The van der Waals surface area contributed by atoms with Crippen molar-refractivity contribution >= 4 is 21.8 Å². The molecule has 0 radical (unpaired) electrons. The summed E-state index contributed by atoms with van der Waals surface area (Å²) in [5, 5.41) is 6.84. The zero-order valence-electron chi connectivity index (χ0n) is 8.33. The fraction of sp³-hybridized carbons (Fsp3) is 0.556. The van der Waals surface area contributed by atoms with E-state index in [-0.39, 0.29) is 10.7 Å². The lowest BCUT2D eigenvalue weighted by Gasteiger charge is -2.06. The predicted molar refractivity (Wildman–Crippen MR) is 58.1 cm³/mol. The average Bonchev–Trinajstić information content (AvgIpc) is 2.59. The molecular weight excluding hydrogens is 246 g/mol. The van der Waals surface area contributed by atoms with Crippen molar-refractivity contribution in [2.45, 2.75) is 24.7 Å². The van der Waals surface area contributed by atoms with Gasteiger partial charge in [0.05, 0.1) is 11.0 Å². The minimum absolute atomic E-state index is 0.0244. The maximum absolute atomic E-state index is 11.4. The zero-order chi connectivity index (χ0) is 10.6. The minimum atomic E-state index is -0.0980. The Morgan fingerprint density at radius 3 is 3.00 bits per heavy atom. The molecule has 0 aliphatic carbocycles. The Morgan fingerprint density at radius 1 is 1.79 bits per heavy atom. The molecule has 0 aliphatic rings. The number of aryl methyl sites for hydroxylation is 1. The van der Waals surface area contributed by atoms with E-state index in [1.54, 1.807) is 10.9 Å². The normalized spacial score (nSPS) is 12.5. The third-order valence-electron chi connectivity index (χ3n) is 1.87. The molecule has 1 N–H and O–H groups in total. The van der Waals surface area contributed by atoms with Crippen LogP contribution in [0.1, 0.15) is 18.9 Å². The van der Waals surface area contributed by atoms with Gasteiger partial charge >= 0.3 is 0 Å². The summed E-state index contributed by atoms with van der Waals surface area (Å²) in [5.41, 5.74) is 1.01. The van der Waals surface area contributed by atoms with Crippen molar-refractivity contribution in [3.8, 4) is 0 Å². The molecule has 1 aromatic heterocycles. The Balaban J connectivity index is 2.37. The number of amides is 1. The van der Waals surface area contributed by atoms with Gasteiger partial charge in [0.2, 0.25) is 5.91 Å². The molecule has 4 nitrogen and oxygen atoms in total. The fourth-order valence-corrected chi connectivity index (χ4v) is 1.21. The molecule has 0 fully saturated rings. The molecule has 0 bridgehead atoms. The van der Waals surface area contributed by atoms with Gasteiger partial charge < -0.3 is 5.32 Å². The Morgan fingerprint density at radius 2 is 2.50 bits per heavy atom. The summed E-state index contributed by atoms with van der Waals surface area (Å²) >= 11 is 3.29. The number of alkyl halides is 1. The van der Waals surface area contributed by atoms with Crippen molar-refractivity contribution < 1.29 is 4.79 Å². The third kappa shape index (κ3) is 3.14. The Labute approximate surface area is 91.8 Å². The Bertz CT molecular complexity index is 311. The fourth-order valence-electron chi connectivity index (χ4n) is 1.05. The summed E-state index contributed by atoms with van der Waals surface area (Å²) in [7, 11) is 1.85. The Kier molecular flexibility index (Phi) is 4.13. The van der Waals surface area contributed by atoms with Crippen molar-refractivity contribution in [2.24, 2.45) is 7.05 Å². The van der Waals surface area contributed by atoms with Gasteiger partial charge in [0.25, 0.3) is 0 Å². The second kappa shape index (κ2) is 5.14. The summed E-state index contributed by atoms with van der Waals surface area (Å²) in [5.74, 6) is 0.0244. The molecule has 1 atom stereocenters. The molecule has 5 heteroatoms. The topological polar surface area (TPSA) is 46.9 Å². The number of nitrogens with one attached hydrogen (secondary N) is 1. The third-order valence-corrected chi connectivity index (χ3v) is 2.93. The van der Waals surface area contributed by atoms with Gasteiger partial charge in [0, 0.05) is 25.4 Å².